The molecule has 4 rings (SSSR count). The van der Waals surface area contributed by atoms with Crippen LogP contribution in [0.3, 0.4) is 0 Å². The molecule has 2 nitrogen and oxygen atoms in total. The molecule has 0 N–H and O–H groups in total. The lowest BCUT2D eigenvalue weighted by molar-refractivity contribution is -0.138. The predicted molar refractivity (Wildman–Crippen MR) is 85.9 cm³/mol. The normalized spacial score (nSPS) is 23.8. The van der Waals surface area contributed by atoms with E-state index in [-0.39, 0.29) is 5.60 Å². The van der Waals surface area contributed by atoms with Crippen molar-refractivity contribution in [1.29, 1.82) is 0 Å². The van der Waals surface area contributed by atoms with Gasteiger partial charge in [0.1, 0.15) is 0 Å². The number of hydrogen-bond acceptors (Lipinski definition) is 2. The quantitative estimate of drug-likeness (QED) is 0.795. The zero-order chi connectivity index (χ0) is 16.8. The van der Waals surface area contributed by atoms with Crippen molar-refractivity contribution >= 4 is 0 Å². The Balaban J connectivity index is 1.55. The number of halogens is 3. The third kappa shape index (κ3) is 2.97. The van der Waals surface area contributed by atoms with Gasteiger partial charge in [-0.25, -0.2) is 0 Å². The maximum Gasteiger partial charge on any atom is 0.416 e. The maximum atomic E-state index is 13.5. The Bertz CT molecular complexity index is 610. The summed E-state index contributed by atoms with van der Waals surface area (Å²) in [5.41, 5.74) is 2.19. The van der Waals surface area contributed by atoms with E-state index < -0.39 is 11.7 Å². The number of alkyl halides is 3. The fourth-order valence-corrected chi connectivity index (χ4v) is 4.68. The second kappa shape index (κ2) is 6.03. The van der Waals surface area contributed by atoms with Crippen LogP contribution in [0.4, 0.5) is 13.2 Å². The summed E-state index contributed by atoms with van der Waals surface area (Å²) >= 11 is 0. The van der Waals surface area contributed by atoms with Crippen molar-refractivity contribution in [2.45, 2.75) is 63.3 Å². The molecule has 2 fully saturated rings. The third-order valence-corrected chi connectivity index (χ3v) is 6.04. The number of ether oxygens (including phenoxy) is 1. The van der Waals surface area contributed by atoms with Crippen LogP contribution >= 0.6 is 0 Å². The van der Waals surface area contributed by atoms with Crippen LogP contribution in [0.25, 0.3) is 0 Å². The van der Waals surface area contributed by atoms with Crippen molar-refractivity contribution in [2.75, 3.05) is 19.7 Å². The average molecular weight is 339 g/mol. The Hall–Kier alpha value is -1.07. The molecule has 1 aliphatic carbocycles. The minimum Gasteiger partial charge on any atom is -0.375 e. The Morgan fingerprint density at radius 1 is 1.04 bits per heavy atom. The molecule has 2 aliphatic heterocycles. The van der Waals surface area contributed by atoms with Crippen molar-refractivity contribution in [3.05, 3.63) is 34.4 Å². The molecule has 0 aromatic heterocycles. The van der Waals surface area contributed by atoms with Gasteiger partial charge in [-0.2, -0.15) is 13.2 Å². The molecule has 1 spiro atoms. The monoisotopic (exact) mass is 339 g/mol. The highest BCUT2D eigenvalue weighted by molar-refractivity contribution is 5.45. The zero-order valence-corrected chi connectivity index (χ0v) is 13.9. The molecule has 0 saturated carbocycles. The smallest absolute Gasteiger partial charge is 0.375 e. The van der Waals surface area contributed by atoms with Crippen LogP contribution in [-0.2, 0) is 30.3 Å². The standard InChI is InChI=1S/C19H24F3NO/c20-19(21,22)17-6-5-14-3-1-4-15(14)16(17)13-23-10-8-18(9-11-23)7-2-12-24-18/h5-6H,1-4,7-13H2. The second-order valence-corrected chi connectivity index (χ2v) is 7.49. The minimum absolute atomic E-state index is 0.0159. The lowest BCUT2D eigenvalue weighted by Crippen LogP contribution is -2.43. The van der Waals surface area contributed by atoms with Crippen LogP contribution in [0.15, 0.2) is 12.1 Å². The molecule has 5 heteroatoms. The van der Waals surface area contributed by atoms with E-state index in [1.807, 2.05) is 0 Å². The van der Waals surface area contributed by atoms with Gasteiger partial charge >= 0.3 is 6.18 Å². The van der Waals surface area contributed by atoms with Crippen molar-refractivity contribution in [3.8, 4) is 0 Å². The lowest BCUT2D eigenvalue weighted by atomic mass is 9.88. The van der Waals surface area contributed by atoms with Crippen molar-refractivity contribution in [2.24, 2.45) is 0 Å². The van der Waals surface area contributed by atoms with Crippen LogP contribution in [-0.4, -0.2) is 30.2 Å². The van der Waals surface area contributed by atoms with Crippen molar-refractivity contribution in [1.82, 2.24) is 4.90 Å². The first kappa shape index (κ1) is 16.4. The van der Waals surface area contributed by atoms with Gasteiger partial charge in [0, 0.05) is 26.2 Å². The molecule has 0 bridgehead atoms. The Labute approximate surface area is 141 Å². The largest absolute Gasteiger partial charge is 0.416 e. The SMILES string of the molecule is FC(F)(F)c1ccc2c(c1CN1CCC3(CCCO3)CC1)CCC2. The summed E-state index contributed by atoms with van der Waals surface area (Å²) in [4.78, 5) is 2.19. The molecular formula is C19H24F3NO. The molecular weight excluding hydrogens is 315 g/mol. The molecule has 132 valence electrons. The van der Waals surface area contributed by atoms with Gasteiger partial charge in [-0.15, -0.1) is 0 Å². The van der Waals surface area contributed by atoms with Crippen LogP contribution in [0.2, 0.25) is 0 Å². The molecule has 2 saturated heterocycles. The van der Waals surface area contributed by atoms with E-state index >= 15 is 0 Å². The van der Waals surface area contributed by atoms with Gasteiger partial charge in [0.25, 0.3) is 0 Å². The van der Waals surface area contributed by atoms with E-state index in [1.54, 1.807) is 6.07 Å². The summed E-state index contributed by atoms with van der Waals surface area (Å²) in [5.74, 6) is 0. The molecule has 0 atom stereocenters. The number of likely N-dealkylation sites (tertiary alicyclic amines) is 1. The highest BCUT2D eigenvalue weighted by Crippen LogP contribution is 2.40. The Morgan fingerprint density at radius 3 is 2.50 bits per heavy atom. The van der Waals surface area contributed by atoms with Gasteiger partial charge in [-0.05, 0) is 67.7 Å². The van der Waals surface area contributed by atoms with Crippen LogP contribution in [0.1, 0.15) is 54.4 Å². The second-order valence-electron chi connectivity index (χ2n) is 7.49. The van der Waals surface area contributed by atoms with Gasteiger partial charge in [0.2, 0.25) is 0 Å². The maximum absolute atomic E-state index is 13.5. The van der Waals surface area contributed by atoms with E-state index in [9.17, 15) is 13.2 Å². The van der Waals surface area contributed by atoms with Crippen molar-refractivity contribution < 1.29 is 17.9 Å². The number of aryl methyl sites for hydroxylation is 1. The molecule has 3 aliphatic rings. The Kier molecular flexibility index (Phi) is 4.12. The molecule has 2 heterocycles. The topological polar surface area (TPSA) is 12.5 Å². The van der Waals surface area contributed by atoms with E-state index in [0.29, 0.717) is 12.1 Å². The summed E-state index contributed by atoms with van der Waals surface area (Å²) in [6, 6.07) is 2.98. The van der Waals surface area contributed by atoms with Gasteiger partial charge < -0.3 is 4.74 Å². The summed E-state index contributed by atoms with van der Waals surface area (Å²) in [6.45, 7) is 2.93. The van der Waals surface area contributed by atoms with Crippen molar-refractivity contribution in [3.63, 3.8) is 0 Å². The summed E-state index contributed by atoms with van der Waals surface area (Å²) < 4.78 is 46.3. The number of nitrogens with zero attached hydrogens (tertiary/aromatic N) is 1. The lowest BCUT2D eigenvalue weighted by Gasteiger charge is -2.39. The fourth-order valence-electron chi connectivity index (χ4n) is 4.68. The van der Waals surface area contributed by atoms with E-state index in [4.69, 9.17) is 4.74 Å². The zero-order valence-electron chi connectivity index (χ0n) is 13.9. The molecule has 0 amide bonds. The van der Waals surface area contributed by atoms with Gasteiger partial charge in [-0.1, -0.05) is 6.07 Å². The minimum atomic E-state index is -4.27. The molecule has 0 unspecified atom stereocenters. The van der Waals surface area contributed by atoms with Crippen LogP contribution in [0.5, 0.6) is 0 Å². The number of piperidine rings is 1. The highest BCUT2D eigenvalue weighted by atomic mass is 19.4. The van der Waals surface area contributed by atoms with Crippen LogP contribution in [0, 0.1) is 0 Å². The van der Waals surface area contributed by atoms with Crippen LogP contribution < -0.4 is 0 Å². The first-order valence-electron chi connectivity index (χ1n) is 9.04. The number of hydrogen-bond donors (Lipinski definition) is 0. The number of rotatable bonds is 2. The third-order valence-electron chi connectivity index (χ3n) is 6.04. The first-order valence-corrected chi connectivity index (χ1v) is 9.04. The van der Waals surface area contributed by atoms with Gasteiger partial charge in [0.15, 0.2) is 0 Å². The van der Waals surface area contributed by atoms with Gasteiger partial charge in [0.05, 0.1) is 11.2 Å². The molecule has 1 aromatic rings. The average Bonchev–Trinajstić information content (AvgIpc) is 3.18. The summed E-state index contributed by atoms with van der Waals surface area (Å²) in [6.07, 6.45) is 2.53. The molecule has 24 heavy (non-hydrogen) atoms. The molecule has 1 aromatic carbocycles. The summed E-state index contributed by atoms with van der Waals surface area (Å²) in [5, 5.41) is 0. The van der Waals surface area contributed by atoms with E-state index in [1.165, 1.54) is 6.07 Å². The fraction of sp³-hybridized carbons (Fsp3) is 0.684. The number of fused-ring (bicyclic) bond motifs is 1. The summed E-state index contributed by atoms with van der Waals surface area (Å²) in [7, 11) is 0. The molecule has 0 radical (unpaired) electrons. The highest BCUT2D eigenvalue weighted by Gasteiger charge is 2.40. The Morgan fingerprint density at radius 2 is 1.83 bits per heavy atom. The number of benzene rings is 1. The van der Waals surface area contributed by atoms with E-state index in [2.05, 4.69) is 4.90 Å². The first-order chi connectivity index (χ1) is 11.5. The van der Waals surface area contributed by atoms with Gasteiger partial charge in [-0.3, -0.25) is 4.90 Å². The van der Waals surface area contributed by atoms with E-state index in [0.717, 1.165) is 75.8 Å². The predicted octanol–water partition coefficient (Wildman–Crippen LogP) is 4.34.